The van der Waals surface area contributed by atoms with Gasteiger partial charge in [-0.3, -0.25) is 9.78 Å². The average Bonchev–Trinajstić information content (AvgIpc) is 3.11. The van der Waals surface area contributed by atoms with Crippen LogP contribution in [0.5, 0.6) is 0 Å². The number of aromatic nitrogens is 4. The predicted molar refractivity (Wildman–Crippen MR) is 91.6 cm³/mol. The maximum Gasteiger partial charge on any atom is 0.317 e. The number of urea groups is 1. The molecule has 1 saturated heterocycles. The van der Waals surface area contributed by atoms with E-state index in [2.05, 4.69) is 20.6 Å². The second kappa shape index (κ2) is 7.51. The van der Waals surface area contributed by atoms with E-state index in [4.69, 9.17) is 0 Å². The third-order valence-electron chi connectivity index (χ3n) is 4.71. The van der Waals surface area contributed by atoms with Gasteiger partial charge in [-0.05, 0) is 32.8 Å². The van der Waals surface area contributed by atoms with E-state index < -0.39 is 0 Å². The van der Waals surface area contributed by atoms with Crippen molar-refractivity contribution in [3.8, 4) is 0 Å². The Morgan fingerprint density at radius 3 is 2.96 bits per heavy atom. The minimum atomic E-state index is 0.00839. The maximum atomic E-state index is 12.8. The number of aromatic amines is 1. The highest BCUT2D eigenvalue weighted by Crippen LogP contribution is 2.33. The first kappa shape index (κ1) is 16.5. The van der Waals surface area contributed by atoms with Gasteiger partial charge in [0.25, 0.3) is 0 Å². The highest BCUT2D eigenvalue weighted by Gasteiger charge is 2.29. The Balaban J connectivity index is 1.68. The quantitative estimate of drug-likeness (QED) is 0.904. The topological polar surface area (TPSA) is 78.8 Å². The van der Waals surface area contributed by atoms with Crippen LogP contribution in [0.4, 0.5) is 4.79 Å². The normalized spacial score (nSPS) is 18.4. The second-order valence-corrected chi connectivity index (χ2v) is 6.41. The lowest BCUT2D eigenvalue weighted by Crippen LogP contribution is -2.43. The molecule has 2 aromatic heterocycles. The first-order valence-electron chi connectivity index (χ1n) is 8.70. The van der Waals surface area contributed by atoms with Crippen LogP contribution in [-0.4, -0.2) is 44.0 Å². The van der Waals surface area contributed by atoms with Gasteiger partial charge in [0, 0.05) is 36.7 Å². The maximum absolute atomic E-state index is 12.8. The van der Waals surface area contributed by atoms with Crippen LogP contribution in [0, 0.1) is 13.8 Å². The van der Waals surface area contributed by atoms with Crippen LogP contribution in [0.1, 0.15) is 48.7 Å². The minimum absolute atomic E-state index is 0.00839. The Morgan fingerprint density at radius 1 is 1.38 bits per heavy atom. The summed E-state index contributed by atoms with van der Waals surface area (Å²) in [5.41, 5.74) is 3.24. The van der Waals surface area contributed by atoms with Crippen molar-refractivity contribution in [3.63, 3.8) is 0 Å². The number of hydrogen-bond donors (Lipinski definition) is 2. The Kier molecular flexibility index (Phi) is 5.17. The molecule has 0 aliphatic carbocycles. The second-order valence-electron chi connectivity index (χ2n) is 6.41. The van der Waals surface area contributed by atoms with Crippen LogP contribution < -0.4 is 5.32 Å². The number of carbonyl (C=O) groups excluding carboxylic acids is 1. The molecule has 2 aromatic rings. The van der Waals surface area contributed by atoms with Gasteiger partial charge < -0.3 is 10.2 Å². The van der Waals surface area contributed by atoms with Crippen molar-refractivity contribution >= 4 is 6.03 Å². The van der Waals surface area contributed by atoms with E-state index in [0.29, 0.717) is 13.1 Å². The first-order valence-corrected chi connectivity index (χ1v) is 8.70. The zero-order valence-electron chi connectivity index (χ0n) is 14.5. The Labute approximate surface area is 142 Å². The third kappa shape index (κ3) is 3.60. The third-order valence-corrected chi connectivity index (χ3v) is 4.71. The molecule has 7 nitrogen and oxygen atoms in total. The molecule has 1 fully saturated rings. The van der Waals surface area contributed by atoms with E-state index in [1.807, 2.05) is 35.7 Å². The van der Waals surface area contributed by atoms with Crippen LogP contribution in [0.2, 0.25) is 0 Å². The molecule has 0 radical (unpaired) electrons. The molecule has 1 aliphatic heterocycles. The lowest BCUT2D eigenvalue weighted by molar-refractivity contribution is 0.175. The van der Waals surface area contributed by atoms with Crippen LogP contribution >= 0.6 is 0 Å². The van der Waals surface area contributed by atoms with Crippen molar-refractivity contribution in [2.24, 2.45) is 0 Å². The van der Waals surface area contributed by atoms with E-state index >= 15 is 0 Å². The van der Waals surface area contributed by atoms with Gasteiger partial charge in [-0.15, -0.1) is 0 Å². The number of amides is 2. The molecule has 2 N–H and O–H groups in total. The van der Waals surface area contributed by atoms with Gasteiger partial charge in [0.15, 0.2) is 0 Å². The van der Waals surface area contributed by atoms with Gasteiger partial charge in [-0.1, -0.05) is 12.8 Å². The van der Waals surface area contributed by atoms with Gasteiger partial charge >= 0.3 is 6.03 Å². The molecule has 2 amide bonds. The highest BCUT2D eigenvalue weighted by molar-refractivity contribution is 5.74. The molecular weight excluding hydrogens is 304 g/mol. The van der Waals surface area contributed by atoms with Gasteiger partial charge in [-0.2, -0.15) is 10.2 Å². The standard InChI is InChI=1S/C17H26N6O/c1-13-16(14(2)21-20-13)15-7-4-3-5-11-23(15)17(24)18-9-12-22-10-6-8-19-22/h6,8,10,15H,3-5,7,9,11-12H2,1-2H3,(H,18,24)(H,20,21). The lowest BCUT2D eigenvalue weighted by atomic mass is 9.99. The number of rotatable bonds is 4. The molecule has 24 heavy (non-hydrogen) atoms. The Morgan fingerprint density at radius 2 is 2.25 bits per heavy atom. The van der Waals surface area contributed by atoms with Crippen molar-refractivity contribution in [1.29, 1.82) is 0 Å². The summed E-state index contributed by atoms with van der Waals surface area (Å²) >= 11 is 0. The van der Waals surface area contributed by atoms with Crippen molar-refractivity contribution in [2.45, 2.75) is 52.1 Å². The monoisotopic (exact) mass is 330 g/mol. The molecule has 130 valence electrons. The Bertz CT molecular complexity index is 643. The first-order chi connectivity index (χ1) is 11.7. The van der Waals surface area contributed by atoms with Crippen LogP contribution in [0.15, 0.2) is 18.5 Å². The SMILES string of the molecule is Cc1n[nH]c(C)c1C1CCCCCN1C(=O)NCCn1cccn1. The van der Waals surface area contributed by atoms with E-state index in [9.17, 15) is 4.79 Å². The zero-order chi connectivity index (χ0) is 16.9. The van der Waals surface area contributed by atoms with E-state index in [0.717, 1.165) is 37.2 Å². The summed E-state index contributed by atoms with van der Waals surface area (Å²) in [6.45, 7) is 6.10. The number of nitrogens with zero attached hydrogens (tertiary/aromatic N) is 4. The largest absolute Gasteiger partial charge is 0.336 e. The summed E-state index contributed by atoms with van der Waals surface area (Å²) in [6.07, 6.45) is 8.01. The number of carbonyl (C=O) groups is 1. The van der Waals surface area contributed by atoms with Crippen LogP contribution in [0.3, 0.4) is 0 Å². The molecule has 0 spiro atoms. The van der Waals surface area contributed by atoms with Gasteiger partial charge in [0.2, 0.25) is 0 Å². The fourth-order valence-corrected chi connectivity index (χ4v) is 3.51. The molecule has 3 rings (SSSR count). The summed E-state index contributed by atoms with van der Waals surface area (Å²) < 4.78 is 1.82. The van der Waals surface area contributed by atoms with Crippen molar-refractivity contribution in [2.75, 3.05) is 13.1 Å². The van der Waals surface area contributed by atoms with E-state index in [1.165, 1.54) is 12.0 Å². The van der Waals surface area contributed by atoms with Crippen molar-refractivity contribution in [1.82, 2.24) is 30.2 Å². The molecule has 0 saturated carbocycles. The fraction of sp³-hybridized carbons (Fsp3) is 0.588. The molecule has 1 aliphatic rings. The van der Waals surface area contributed by atoms with Crippen LogP contribution in [-0.2, 0) is 6.54 Å². The number of likely N-dealkylation sites (tertiary alicyclic amines) is 1. The molecule has 3 heterocycles. The lowest BCUT2D eigenvalue weighted by Gasteiger charge is -2.30. The van der Waals surface area contributed by atoms with Gasteiger partial charge in [-0.25, -0.2) is 4.79 Å². The summed E-state index contributed by atoms with van der Waals surface area (Å²) in [5.74, 6) is 0. The molecule has 0 aromatic carbocycles. The van der Waals surface area contributed by atoms with Gasteiger partial charge in [0.05, 0.1) is 18.3 Å². The summed E-state index contributed by atoms with van der Waals surface area (Å²) in [7, 11) is 0. The van der Waals surface area contributed by atoms with E-state index in [1.54, 1.807) is 6.20 Å². The van der Waals surface area contributed by atoms with E-state index in [-0.39, 0.29) is 12.1 Å². The fourth-order valence-electron chi connectivity index (χ4n) is 3.51. The van der Waals surface area contributed by atoms with Crippen LogP contribution in [0.25, 0.3) is 0 Å². The number of H-pyrrole nitrogens is 1. The number of aryl methyl sites for hydroxylation is 2. The van der Waals surface area contributed by atoms with Crippen molar-refractivity contribution < 1.29 is 4.79 Å². The Hall–Kier alpha value is -2.31. The summed E-state index contributed by atoms with van der Waals surface area (Å²) in [5, 5.41) is 14.6. The number of nitrogens with one attached hydrogen (secondary N) is 2. The zero-order valence-corrected chi connectivity index (χ0v) is 14.5. The molecule has 1 unspecified atom stereocenters. The van der Waals surface area contributed by atoms with Crippen molar-refractivity contribution in [3.05, 3.63) is 35.4 Å². The van der Waals surface area contributed by atoms with Gasteiger partial charge in [0.1, 0.15) is 0 Å². The molecule has 1 atom stereocenters. The summed E-state index contributed by atoms with van der Waals surface area (Å²) in [4.78, 5) is 14.7. The minimum Gasteiger partial charge on any atom is -0.336 e. The molecular formula is C17H26N6O. The summed E-state index contributed by atoms with van der Waals surface area (Å²) in [6, 6.07) is 2.00. The average molecular weight is 330 g/mol. The predicted octanol–water partition coefficient (Wildman–Crippen LogP) is 2.55. The highest BCUT2D eigenvalue weighted by atomic mass is 16.2. The molecule has 0 bridgehead atoms. The number of hydrogen-bond acceptors (Lipinski definition) is 3. The smallest absolute Gasteiger partial charge is 0.317 e. The molecule has 7 heteroatoms.